The van der Waals surface area contributed by atoms with Gasteiger partial charge in [0.05, 0.1) is 0 Å². The van der Waals surface area contributed by atoms with Gasteiger partial charge in [0.2, 0.25) is 0 Å². The minimum Gasteiger partial charge on any atom is -0.146 e. The molecule has 0 radical (unpaired) electrons. The van der Waals surface area contributed by atoms with Crippen LogP contribution in [0, 0.1) is 27.7 Å². The van der Waals surface area contributed by atoms with Crippen molar-refractivity contribution in [1.82, 2.24) is 0 Å². The van der Waals surface area contributed by atoms with Crippen molar-refractivity contribution in [3.8, 4) is 0 Å². The third kappa shape index (κ3) is 3.41. The van der Waals surface area contributed by atoms with Gasteiger partial charge < -0.3 is 0 Å². The van der Waals surface area contributed by atoms with E-state index in [4.69, 9.17) is 0 Å². The Morgan fingerprint density at radius 3 is 1.29 bits per heavy atom. The molecule has 0 aliphatic heterocycles. The van der Waals surface area contributed by atoms with Crippen molar-refractivity contribution in [3.05, 3.63) is 43.8 Å². The van der Waals surface area contributed by atoms with Crippen LogP contribution >= 0.6 is 34.0 Å². The maximum Gasteiger partial charge on any atom is 0.0456 e. The summed E-state index contributed by atoms with van der Waals surface area (Å²) in [5.41, 5.74) is 0. The van der Waals surface area contributed by atoms with Crippen LogP contribution in [0.25, 0.3) is 9.40 Å². The number of aryl methyl sites for hydroxylation is 4. The van der Waals surface area contributed by atoms with Crippen LogP contribution in [0.2, 0.25) is 0 Å². The van der Waals surface area contributed by atoms with E-state index in [-0.39, 0.29) is 0 Å². The number of hydrogen-bond acceptors (Lipinski definition) is 3. The lowest BCUT2D eigenvalue weighted by molar-refractivity contribution is 1.61. The summed E-state index contributed by atoms with van der Waals surface area (Å²) >= 11 is 5.61. The van der Waals surface area contributed by atoms with Crippen LogP contribution in [0.5, 0.6) is 0 Å². The molecule has 0 amide bonds. The normalized spacial score (nSPS) is 10.4. The van der Waals surface area contributed by atoms with Crippen molar-refractivity contribution in [2.75, 3.05) is 0 Å². The second kappa shape index (κ2) is 5.34. The third-order valence-corrected chi connectivity index (χ3v) is 5.37. The molecule has 0 aromatic carbocycles. The first-order valence-electron chi connectivity index (χ1n) is 5.54. The average molecular weight is 280 g/mol. The summed E-state index contributed by atoms with van der Waals surface area (Å²) < 4.78 is 2.89. The Balaban J connectivity index is 0.000000136. The van der Waals surface area contributed by atoms with Crippen LogP contribution in [0.15, 0.2) is 24.3 Å². The number of hydrogen-bond donors (Lipinski definition) is 0. The van der Waals surface area contributed by atoms with Gasteiger partial charge >= 0.3 is 0 Å². The lowest BCUT2D eigenvalue weighted by atomic mass is 10.4. The van der Waals surface area contributed by atoms with Gasteiger partial charge in [-0.15, -0.1) is 34.0 Å². The van der Waals surface area contributed by atoms with E-state index in [0.29, 0.717) is 0 Å². The highest BCUT2D eigenvalue weighted by Crippen LogP contribution is 2.31. The van der Waals surface area contributed by atoms with Gasteiger partial charge in [0.15, 0.2) is 0 Å². The lowest BCUT2D eigenvalue weighted by Crippen LogP contribution is -1.49. The molecule has 0 unspecified atom stereocenters. The molecule has 0 atom stereocenters. The van der Waals surface area contributed by atoms with Crippen LogP contribution in [0.4, 0.5) is 0 Å². The van der Waals surface area contributed by atoms with Crippen molar-refractivity contribution in [1.29, 1.82) is 0 Å². The van der Waals surface area contributed by atoms with Gasteiger partial charge in [-0.3, -0.25) is 0 Å². The molecule has 0 N–H and O–H groups in total. The second-order valence-electron chi connectivity index (χ2n) is 4.10. The highest BCUT2D eigenvalue weighted by Gasteiger charge is 2.00. The van der Waals surface area contributed by atoms with Gasteiger partial charge in [0.25, 0.3) is 0 Å². The van der Waals surface area contributed by atoms with Crippen molar-refractivity contribution < 1.29 is 0 Å². The van der Waals surface area contributed by atoms with E-state index in [0.717, 1.165) is 0 Å². The topological polar surface area (TPSA) is 0 Å². The summed E-state index contributed by atoms with van der Waals surface area (Å²) in [4.78, 5) is 5.64. The number of thiophene rings is 3. The van der Waals surface area contributed by atoms with Crippen LogP contribution < -0.4 is 0 Å². The molecule has 3 rings (SSSR count). The molecule has 0 nitrogen and oxygen atoms in total. The highest BCUT2D eigenvalue weighted by atomic mass is 32.1. The van der Waals surface area contributed by atoms with Gasteiger partial charge in [-0.05, 0) is 52.0 Å². The first-order chi connectivity index (χ1) is 8.04. The van der Waals surface area contributed by atoms with Crippen molar-refractivity contribution >= 4 is 43.4 Å². The summed E-state index contributed by atoms with van der Waals surface area (Å²) in [5.74, 6) is 0. The molecule has 0 saturated carbocycles. The van der Waals surface area contributed by atoms with Gasteiger partial charge in [-0.2, -0.15) is 0 Å². The minimum absolute atomic E-state index is 1.40. The zero-order chi connectivity index (χ0) is 12.4. The molecule has 0 saturated heterocycles. The molecule has 17 heavy (non-hydrogen) atoms. The fourth-order valence-electron chi connectivity index (χ4n) is 1.63. The Kier molecular flexibility index (Phi) is 4.02. The van der Waals surface area contributed by atoms with Gasteiger partial charge in [-0.25, -0.2) is 0 Å². The molecule has 0 spiro atoms. The summed E-state index contributed by atoms with van der Waals surface area (Å²) in [6, 6.07) is 8.80. The fourth-order valence-corrected chi connectivity index (χ4v) is 4.65. The Hall–Kier alpha value is -0.640. The first-order valence-corrected chi connectivity index (χ1v) is 7.99. The van der Waals surface area contributed by atoms with Crippen LogP contribution in [0.1, 0.15) is 19.5 Å². The van der Waals surface area contributed by atoms with E-state index >= 15 is 0 Å². The maximum absolute atomic E-state index is 2.26. The second-order valence-corrected chi connectivity index (χ2v) is 8.17. The van der Waals surface area contributed by atoms with E-state index in [1.807, 2.05) is 34.0 Å². The van der Waals surface area contributed by atoms with E-state index in [1.165, 1.54) is 28.9 Å². The number of fused-ring (bicyclic) bond motifs is 1. The predicted octanol–water partition coefficient (Wildman–Crippen LogP) is 5.94. The predicted molar refractivity (Wildman–Crippen MR) is 83.0 cm³/mol. The third-order valence-electron chi connectivity index (χ3n) is 2.33. The maximum atomic E-state index is 2.26. The molecule has 3 heterocycles. The molecule has 0 aliphatic carbocycles. The zero-order valence-electron chi connectivity index (χ0n) is 10.5. The SMILES string of the molecule is Cc1cc2sc(C)cc2s1.Cc1ccc(C)s1. The van der Waals surface area contributed by atoms with E-state index in [9.17, 15) is 0 Å². The molecule has 0 aliphatic rings. The largest absolute Gasteiger partial charge is 0.146 e. The molecule has 0 fully saturated rings. The lowest BCUT2D eigenvalue weighted by Gasteiger charge is -1.74. The fraction of sp³-hybridized carbons (Fsp3) is 0.286. The summed E-state index contributed by atoms with van der Waals surface area (Å²) in [5, 5.41) is 0. The summed E-state index contributed by atoms with van der Waals surface area (Å²) in [7, 11) is 0. The molecular formula is C14H16S3. The summed E-state index contributed by atoms with van der Waals surface area (Å²) in [6.45, 7) is 8.56. The van der Waals surface area contributed by atoms with Crippen LogP contribution in [-0.4, -0.2) is 0 Å². The average Bonchev–Trinajstić information content (AvgIpc) is 2.82. The van der Waals surface area contributed by atoms with Crippen LogP contribution in [0.3, 0.4) is 0 Å². The van der Waals surface area contributed by atoms with Gasteiger partial charge in [-0.1, -0.05) is 0 Å². The van der Waals surface area contributed by atoms with Gasteiger partial charge in [0.1, 0.15) is 0 Å². The van der Waals surface area contributed by atoms with E-state index < -0.39 is 0 Å². The van der Waals surface area contributed by atoms with E-state index in [2.05, 4.69) is 52.0 Å². The first kappa shape index (κ1) is 12.8. The van der Waals surface area contributed by atoms with Gasteiger partial charge in [0, 0.05) is 28.9 Å². The standard InChI is InChI=1S/C8H8S2.C6H8S/c1-5-3-7-8(9-5)4-6(2)10-7;1-5-3-4-6(2)7-5/h3-4H,1-2H3;3-4H,1-2H3. The van der Waals surface area contributed by atoms with Crippen LogP contribution in [-0.2, 0) is 0 Å². The van der Waals surface area contributed by atoms with E-state index in [1.54, 1.807) is 0 Å². The smallest absolute Gasteiger partial charge is 0.0456 e. The molecular weight excluding hydrogens is 264 g/mol. The van der Waals surface area contributed by atoms with Crippen molar-refractivity contribution in [2.24, 2.45) is 0 Å². The Morgan fingerprint density at radius 1 is 0.588 bits per heavy atom. The number of rotatable bonds is 0. The Bertz CT molecular complexity index is 531. The zero-order valence-corrected chi connectivity index (χ0v) is 13.0. The highest BCUT2D eigenvalue weighted by molar-refractivity contribution is 7.27. The quantitative estimate of drug-likeness (QED) is 0.477. The Morgan fingerprint density at radius 2 is 1.00 bits per heavy atom. The molecule has 3 aromatic rings. The molecule has 3 aromatic heterocycles. The summed E-state index contributed by atoms with van der Waals surface area (Å²) in [6.07, 6.45) is 0. The molecule has 3 heteroatoms. The monoisotopic (exact) mass is 280 g/mol. The van der Waals surface area contributed by atoms with Crippen molar-refractivity contribution in [2.45, 2.75) is 27.7 Å². The minimum atomic E-state index is 1.40. The van der Waals surface area contributed by atoms with Crippen molar-refractivity contribution in [3.63, 3.8) is 0 Å². The molecule has 90 valence electrons. The molecule has 0 bridgehead atoms. The Labute approximate surface area is 115 Å².